The molecule has 0 aliphatic rings. The highest BCUT2D eigenvalue weighted by Gasteiger charge is 2.13. The van der Waals surface area contributed by atoms with Crippen LogP contribution in [0.4, 0.5) is 0 Å². The second kappa shape index (κ2) is 6.04. The molecule has 0 atom stereocenters. The number of aromatic nitrogens is 2. The number of carbonyl (C=O) groups excluding carboxylic acids is 1. The summed E-state index contributed by atoms with van der Waals surface area (Å²) in [5.74, 6) is 0.566. The van der Waals surface area contributed by atoms with E-state index < -0.39 is 5.97 Å². The Hall–Kier alpha value is -3.34. The van der Waals surface area contributed by atoms with Crippen LogP contribution in [-0.2, 0) is 11.3 Å². The van der Waals surface area contributed by atoms with Gasteiger partial charge in [0.2, 0.25) is 5.89 Å². The summed E-state index contributed by atoms with van der Waals surface area (Å²) in [4.78, 5) is 19.3. The topological polar surface area (TPSA) is 68.1 Å². The van der Waals surface area contributed by atoms with Gasteiger partial charge in [0, 0.05) is 16.5 Å². The van der Waals surface area contributed by atoms with Crippen LogP contribution in [0.3, 0.4) is 0 Å². The van der Waals surface area contributed by atoms with Gasteiger partial charge in [-0.2, -0.15) is 0 Å². The first kappa shape index (κ1) is 14.3. The van der Waals surface area contributed by atoms with Crippen molar-refractivity contribution in [3.8, 4) is 11.3 Å². The van der Waals surface area contributed by atoms with Gasteiger partial charge in [0.1, 0.15) is 5.69 Å². The van der Waals surface area contributed by atoms with Crippen molar-refractivity contribution < 1.29 is 13.9 Å². The van der Waals surface area contributed by atoms with E-state index in [4.69, 9.17) is 9.15 Å². The van der Waals surface area contributed by atoms with Crippen LogP contribution >= 0.6 is 0 Å². The number of benzene rings is 2. The first-order valence-electron chi connectivity index (χ1n) is 7.54. The molecule has 4 aromatic rings. The summed E-state index contributed by atoms with van der Waals surface area (Å²) >= 11 is 0. The Morgan fingerprint density at radius 3 is 2.71 bits per heavy atom. The number of nitrogens with zero attached hydrogens (tertiary/aromatic N) is 1. The van der Waals surface area contributed by atoms with Crippen molar-refractivity contribution in [2.24, 2.45) is 0 Å². The molecule has 1 N–H and O–H groups in total. The van der Waals surface area contributed by atoms with Gasteiger partial charge < -0.3 is 14.1 Å². The van der Waals surface area contributed by atoms with Crippen LogP contribution in [0.15, 0.2) is 71.3 Å². The quantitative estimate of drug-likeness (QED) is 0.573. The van der Waals surface area contributed by atoms with Crippen LogP contribution in [0.5, 0.6) is 0 Å². The molecule has 24 heavy (non-hydrogen) atoms. The minimum Gasteiger partial charge on any atom is -0.451 e. The molecule has 0 aliphatic heterocycles. The number of fused-ring (bicyclic) bond motifs is 1. The van der Waals surface area contributed by atoms with Crippen LogP contribution in [0.2, 0.25) is 0 Å². The maximum absolute atomic E-state index is 12.1. The molecule has 0 saturated heterocycles. The van der Waals surface area contributed by atoms with Gasteiger partial charge in [-0.05, 0) is 12.1 Å². The summed E-state index contributed by atoms with van der Waals surface area (Å²) in [6.07, 6.45) is 1.63. The van der Waals surface area contributed by atoms with Gasteiger partial charge in [-0.15, -0.1) is 0 Å². The summed E-state index contributed by atoms with van der Waals surface area (Å²) in [6.45, 7) is -0.0129. The van der Waals surface area contributed by atoms with E-state index in [0.717, 1.165) is 16.5 Å². The second-order valence-electron chi connectivity index (χ2n) is 5.33. The number of hydrogen-bond donors (Lipinski definition) is 1. The maximum Gasteiger partial charge on any atom is 0.355 e. The largest absolute Gasteiger partial charge is 0.451 e. The fourth-order valence-corrected chi connectivity index (χ4v) is 2.50. The Morgan fingerprint density at radius 1 is 1.08 bits per heavy atom. The van der Waals surface area contributed by atoms with E-state index in [-0.39, 0.29) is 6.61 Å². The van der Waals surface area contributed by atoms with Gasteiger partial charge in [-0.25, -0.2) is 9.78 Å². The van der Waals surface area contributed by atoms with E-state index in [1.54, 1.807) is 12.3 Å². The number of esters is 1. The summed E-state index contributed by atoms with van der Waals surface area (Å²) < 4.78 is 10.9. The number of H-pyrrole nitrogens is 1. The predicted octanol–water partition coefficient (Wildman–Crippen LogP) is 4.18. The van der Waals surface area contributed by atoms with Crippen LogP contribution in [-0.4, -0.2) is 15.9 Å². The standard InChI is InChI=1S/C19H14N2O3/c22-19(16-10-14-8-4-5-9-15(14)21-16)23-12-18-20-11-17(24-18)13-6-2-1-3-7-13/h1-11,21H,12H2. The normalized spacial score (nSPS) is 10.8. The van der Waals surface area contributed by atoms with E-state index in [9.17, 15) is 4.79 Å². The maximum atomic E-state index is 12.1. The Labute approximate surface area is 137 Å². The molecule has 5 heteroatoms. The zero-order valence-electron chi connectivity index (χ0n) is 12.7. The van der Waals surface area contributed by atoms with Gasteiger partial charge in [0.15, 0.2) is 12.4 Å². The highest BCUT2D eigenvalue weighted by atomic mass is 16.5. The highest BCUT2D eigenvalue weighted by molar-refractivity contribution is 5.94. The fourth-order valence-electron chi connectivity index (χ4n) is 2.50. The van der Waals surface area contributed by atoms with Crippen molar-refractivity contribution in [2.45, 2.75) is 6.61 Å². The average Bonchev–Trinajstić information content (AvgIpc) is 3.27. The molecule has 5 nitrogen and oxygen atoms in total. The molecular formula is C19H14N2O3. The predicted molar refractivity (Wildman–Crippen MR) is 89.4 cm³/mol. The number of hydrogen-bond acceptors (Lipinski definition) is 4. The molecule has 0 aliphatic carbocycles. The number of rotatable bonds is 4. The third kappa shape index (κ3) is 2.79. The van der Waals surface area contributed by atoms with Gasteiger partial charge in [-0.1, -0.05) is 48.5 Å². The zero-order chi connectivity index (χ0) is 16.4. The van der Waals surface area contributed by atoms with E-state index in [1.807, 2.05) is 54.6 Å². The lowest BCUT2D eigenvalue weighted by molar-refractivity contribution is 0.0433. The lowest BCUT2D eigenvalue weighted by Crippen LogP contribution is -2.05. The summed E-state index contributed by atoms with van der Waals surface area (Å²) in [7, 11) is 0. The molecule has 0 spiro atoms. The molecule has 0 unspecified atom stereocenters. The van der Waals surface area contributed by atoms with Gasteiger partial charge >= 0.3 is 5.97 Å². The Bertz CT molecular complexity index is 953. The van der Waals surface area contributed by atoms with Gasteiger partial charge in [-0.3, -0.25) is 0 Å². The van der Waals surface area contributed by atoms with Crippen LogP contribution in [0.1, 0.15) is 16.4 Å². The number of nitrogens with one attached hydrogen (secondary N) is 1. The zero-order valence-corrected chi connectivity index (χ0v) is 12.7. The molecule has 0 fully saturated rings. The van der Waals surface area contributed by atoms with E-state index in [2.05, 4.69) is 9.97 Å². The second-order valence-corrected chi connectivity index (χ2v) is 5.33. The lowest BCUT2D eigenvalue weighted by atomic mass is 10.2. The smallest absolute Gasteiger partial charge is 0.355 e. The van der Waals surface area contributed by atoms with E-state index in [1.165, 1.54) is 0 Å². The highest BCUT2D eigenvalue weighted by Crippen LogP contribution is 2.20. The molecule has 4 rings (SSSR count). The molecule has 0 saturated carbocycles. The Balaban J connectivity index is 1.45. The van der Waals surface area contributed by atoms with Crippen molar-refractivity contribution in [3.05, 3.63) is 78.4 Å². The SMILES string of the molecule is O=C(OCc1ncc(-c2ccccc2)o1)c1cc2ccccc2[nH]1. The van der Waals surface area contributed by atoms with Crippen molar-refractivity contribution in [3.63, 3.8) is 0 Å². The summed E-state index contributed by atoms with van der Waals surface area (Å²) in [5, 5.41) is 0.965. The number of ether oxygens (including phenoxy) is 1. The minimum atomic E-state index is -0.439. The number of aromatic amines is 1. The Kier molecular flexibility index (Phi) is 3.59. The van der Waals surface area contributed by atoms with Crippen LogP contribution in [0.25, 0.3) is 22.2 Å². The van der Waals surface area contributed by atoms with Crippen LogP contribution in [0, 0.1) is 0 Å². The molecule has 0 amide bonds. The number of carbonyl (C=O) groups is 1. The summed E-state index contributed by atoms with van der Waals surface area (Å²) in [6, 6.07) is 19.1. The van der Waals surface area contributed by atoms with Crippen molar-refractivity contribution in [1.82, 2.24) is 9.97 Å². The Morgan fingerprint density at radius 2 is 1.88 bits per heavy atom. The van der Waals surface area contributed by atoms with Gasteiger partial charge in [0.05, 0.1) is 6.20 Å². The molecular weight excluding hydrogens is 304 g/mol. The third-order valence-electron chi connectivity index (χ3n) is 3.69. The minimum absolute atomic E-state index is 0.0129. The molecule has 2 aromatic heterocycles. The monoisotopic (exact) mass is 318 g/mol. The molecule has 2 heterocycles. The van der Waals surface area contributed by atoms with E-state index >= 15 is 0 Å². The lowest BCUT2D eigenvalue weighted by Gasteiger charge is -2.00. The van der Waals surface area contributed by atoms with Gasteiger partial charge in [0.25, 0.3) is 0 Å². The van der Waals surface area contributed by atoms with E-state index in [0.29, 0.717) is 17.3 Å². The van der Waals surface area contributed by atoms with Crippen molar-refractivity contribution >= 4 is 16.9 Å². The first-order chi connectivity index (χ1) is 11.8. The third-order valence-corrected chi connectivity index (χ3v) is 3.69. The molecule has 0 radical (unpaired) electrons. The average molecular weight is 318 g/mol. The van der Waals surface area contributed by atoms with Crippen molar-refractivity contribution in [2.75, 3.05) is 0 Å². The van der Waals surface area contributed by atoms with Crippen molar-refractivity contribution in [1.29, 1.82) is 0 Å². The van der Waals surface area contributed by atoms with Crippen LogP contribution < -0.4 is 0 Å². The molecule has 118 valence electrons. The number of para-hydroxylation sites is 1. The fraction of sp³-hybridized carbons (Fsp3) is 0.0526. The summed E-state index contributed by atoms with van der Waals surface area (Å²) in [5.41, 5.74) is 2.23. The number of oxazole rings is 1. The first-order valence-corrected chi connectivity index (χ1v) is 7.54. The molecule has 0 bridgehead atoms. The molecule has 2 aromatic carbocycles.